The lowest BCUT2D eigenvalue weighted by atomic mass is 9.93. The maximum atomic E-state index is 12.9. The molecule has 1 aliphatic heterocycles. The van der Waals surface area contributed by atoms with E-state index in [0.717, 1.165) is 22.8 Å². The molecule has 51 heavy (non-hydrogen) atoms. The summed E-state index contributed by atoms with van der Waals surface area (Å²) in [7, 11) is 1.52. The van der Waals surface area contributed by atoms with Crippen molar-refractivity contribution in [1.29, 1.82) is 0 Å². The molecule has 10 nitrogen and oxygen atoms in total. The highest BCUT2D eigenvalue weighted by molar-refractivity contribution is 6.02. The smallest absolute Gasteiger partial charge is 0.348 e. The molecule has 0 spiro atoms. The van der Waals surface area contributed by atoms with E-state index in [4.69, 9.17) is 18.3 Å². The van der Waals surface area contributed by atoms with E-state index in [1.807, 2.05) is 70.2 Å². The van der Waals surface area contributed by atoms with E-state index in [1.165, 1.54) is 31.4 Å². The minimum atomic E-state index is -0.694. The number of ether oxygens (including phenoxy) is 2. The summed E-state index contributed by atoms with van der Waals surface area (Å²) in [6.07, 6.45) is 6.31. The van der Waals surface area contributed by atoms with Crippen molar-refractivity contribution in [3.8, 4) is 56.9 Å². The molecule has 4 aromatic carbocycles. The standard InChI is InChI=1S/C26H26O6.C15H10O4/c1-14(2)6-11-17-22-18(12-13-26(3,4)32-22)24-20(23(17)30-5)21(28)19(25(29)31-24)15-7-9-16(27)10-8-15;16-10-6-11(17)15-12(18)8-13(19-14(15)7-10)9-4-2-1-3-5-9/h6-10,12-13,27-28H,11H2,1-5H3;1-8,16-17H. The number of aromatic hydroxyl groups is 4. The van der Waals surface area contributed by atoms with Gasteiger partial charge in [-0.2, -0.15) is 0 Å². The van der Waals surface area contributed by atoms with Gasteiger partial charge in [-0.15, -0.1) is 0 Å². The van der Waals surface area contributed by atoms with Crippen molar-refractivity contribution in [1.82, 2.24) is 0 Å². The molecule has 4 N–H and O–H groups in total. The zero-order chi connectivity index (χ0) is 36.6. The average Bonchev–Trinajstić information content (AvgIpc) is 3.07. The molecule has 260 valence electrons. The summed E-state index contributed by atoms with van der Waals surface area (Å²) in [5, 5.41) is 40.4. The average molecular weight is 689 g/mol. The summed E-state index contributed by atoms with van der Waals surface area (Å²) < 4.78 is 23.3. The maximum Gasteiger partial charge on any atom is 0.348 e. The van der Waals surface area contributed by atoms with Gasteiger partial charge in [-0.1, -0.05) is 54.1 Å². The van der Waals surface area contributed by atoms with E-state index >= 15 is 0 Å². The van der Waals surface area contributed by atoms with Gasteiger partial charge in [-0.25, -0.2) is 4.79 Å². The van der Waals surface area contributed by atoms with Crippen molar-refractivity contribution in [2.24, 2.45) is 0 Å². The third-order valence-corrected chi connectivity index (χ3v) is 8.31. The monoisotopic (exact) mass is 688 g/mol. The second kappa shape index (κ2) is 13.5. The van der Waals surface area contributed by atoms with Gasteiger partial charge >= 0.3 is 5.63 Å². The fourth-order valence-corrected chi connectivity index (χ4v) is 5.89. The fourth-order valence-electron chi connectivity index (χ4n) is 5.89. The van der Waals surface area contributed by atoms with E-state index < -0.39 is 11.2 Å². The molecule has 7 rings (SSSR count). The molecule has 0 atom stereocenters. The lowest BCUT2D eigenvalue weighted by Crippen LogP contribution is -2.28. The van der Waals surface area contributed by atoms with E-state index in [9.17, 15) is 30.0 Å². The van der Waals surface area contributed by atoms with Crippen LogP contribution in [0.1, 0.15) is 38.8 Å². The van der Waals surface area contributed by atoms with Gasteiger partial charge in [-0.05, 0) is 64.0 Å². The molecule has 1 aliphatic rings. The molecule has 0 saturated heterocycles. The summed E-state index contributed by atoms with van der Waals surface area (Å²) in [4.78, 5) is 25.0. The molecule has 0 radical (unpaired) electrons. The summed E-state index contributed by atoms with van der Waals surface area (Å²) in [6.45, 7) is 7.89. The zero-order valence-electron chi connectivity index (χ0n) is 28.6. The van der Waals surface area contributed by atoms with Gasteiger partial charge in [0.1, 0.15) is 67.8 Å². The summed E-state index contributed by atoms with van der Waals surface area (Å²) in [6, 6.07) is 18.9. The van der Waals surface area contributed by atoms with Gasteiger partial charge in [-0.3, -0.25) is 4.79 Å². The third-order valence-electron chi connectivity index (χ3n) is 8.31. The lowest BCUT2D eigenvalue weighted by Gasteiger charge is -2.31. The van der Waals surface area contributed by atoms with Crippen LogP contribution in [0.5, 0.6) is 34.5 Å². The molecular formula is C41H36O10. The minimum Gasteiger partial charge on any atom is -0.508 e. The minimum absolute atomic E-state index is 0.00458. The number of allylic oxidation sites excluding steroid dienone is 2. The van der Waals surface area contributed by atoms with Gasteiger partial charge in [0.15, 0.2) is 11.0 Å². The van der Waals surface area contributed by atoms with Crippen LogP contribution >= 0.6 is 0 Å². The first kappa shape index (κ1) is 34.4. The Bertz CT molecular complexity index is 2460. The molecule has 10 heteroatoms. The Labute approximate surface area is 292 Å². The Balaban J connectivity index is 0.000000200. The first-order valence-electron chi connectivity index (χ1n) is 16.1. The topological polar surface area (TPSA) is 160 Å². The first-order valence-corrected chi connectivity index (χ1v) is 16.1. The van der Waals surface area contributed by atoms with Crippen LogP contribution in [0.4, 0.5) is 0 Å². The summed E-state index contributed by atoms with van der Waals surface area (Å²) in [5.41, 5.74) is 2.41. The highest BCUT2D eigenvalue weighted by Gasteiger charge is 2.32. The molecule has 0 fully saturated rings. The van der Waals surface area contributed by atoms with Crippen LogP contribution in [0.2, 0.25) is 0 Å². The number of hydrogen-bond acceptors (Lipinski definition) is 10. The van der Waals surface area contributed by atoms with Crippen LogP contribution in [-0.2, 0) is 6.42 Å². The molecule has 0 unspecified atom stereocenters. The molecule has 6 aromatic rings. The number of phenols is 3. The van der Waals surface area contributed by atoms with Crippen LogP contribution in [0.25, 0.3) is 50.5 Å². The van der Waals surface area contributed by atoms with E-state index in [1.54, 1.807) is 12.1 Å². The van der Waals surface area contributed by atoms with E-state index in [0.29, 0.717) is 40.2 Å². The largest absolute Gasteiger partial charge is 0.508 e. The molecule has 0 bridgehead atoms. The Morgan fingerprint density at radius 1 is 0.843 bits per heavy atom. The van der Waals surface area contributed by atoms with Gasteiger partial charge < -0.3 is 38.7 Å². The highest BCUT2D eigenvalue weighted by Crippen LogP contribution is 2.49. The molecule has 3 heterocycles. The normalized spacial score (nSPS) is 12.8. The van der Waals surface area contributed by atoms with Gasteiger partial charge in [0.2, 0.25) is 0 Å². The van der Waals surface area contributed by atoms with Crippen LogP contribution in [0, 0.1) is 0 Å². The number of benzene rings is 4. The lowest BCUT2D eigenvalue weighted by molar-refractivity contribution is 0.157. The van der Waals surface area contributed by atoms with Gasteiger partial charge in [0, 0.05) is 29.3 Å². The quantitative estimate of drug-likeness (QED) is 0.102. The second-order valence-corrected chi connectivity index (χ2v) is 12.8. The third kappa shape index (κ3) is 6.76. The van der Waals surface area contributed by atoms with Crippen molar-refractivity contribution < 1.29 is 38.7 Å². The van der Waals surface area contributed by atoms with Crippen molar-refractivity contribution in [3.63, 3.8) is 0 Å². The number of hydrogen-bond donors (Lipinski definition) is 4. The number of rotatable bonds is 5. The second-order valence-electron chi connectivity index (χ2n) is 12.8. The SMILES string of the molecule is COc1c(CC=C(C)C)c2c(c3oc(=O)c(-c4ccc(O)cc4)c(O)c13)C=CC(C)(C)O2.O=c1cc(-c2ccccc2)oc2cc(O)cc(O)c12. The number of fused-ring (bicyclic) bond motifs is 4. The molecule has 0 aliphatic carbocycles. The summed E-state index contributed by atoms with van der Waals surface area (Å²) >= 11 is 0. The van der Waals surface area contributed by atoms with E-state index in [-0.39, 0.29) is 50.5 Å². The zero-order valence-corrected chi connectivity index (χ0v) is 28.6. The molecule has 2 aromatic heterocycles. The maximum absolute atomic E-state index is 12.9. The van der Waals surface area contributed by atoms with Gasteiger partial charge in [0.05, 0.1) is 12.7 Å². The van der Waals surface area contributed by atoms with Crippen molar-refractivity contribution >= 4 is 28.0 Å². The number of methoxy groups -OCH3 is 1. The predicted octanol–water partition coefficient (Wildman–Crippen LogP) is 8.44. The van der Waals surface area contributed by atoms with E-state index in [2.05, 4.69) is 6.08 Å². The first-order chi connectivity index (χ1) is 24.3. The Morgan fingerprint density at radius 2 is 1.55 bits per heavy atom. The fraction of sp³-hybridized carbons (Fsp3) is 0.171. The Morgan fingerprint density at radius 3 is 2.22 bits per heavy atom. The van der Waals surface area contributed by atoms with Crippen LogP contribution in [0.3, 0.4) is 0 Å². The van der Waals surface area contributed by atoms with Crippen LogP contribution in [-0.4, -0.2) is 33.1 Å². The number of phenolic OH excluding ortho intramolecular Hbond substituents is 3. The Hall–Kier alpha value is -6.42. The summed E-state index contributed by atoms with van der Waals surface area (Å²) in [5.74, 6) is 0.727. The van der Waals surface area contributed by atoms with Crippen molar-refractivity contribution in [2.45, 2.75) is 39.7 Å². The molecule has 0 saturated carbocycles. The van der Waals surface area contributed by atoms with Crippen LogP contribution in [0.15, 0.2) is 109 Å². The highest BCUT2D eigenvalue weighted by atomic mass is 16.5. The predicted molar refractivity (Wildman–Crippen MR) is 196 cm³/mol. The van der Waals surface area contributed by atoms with Gasteiger partial charge in [0.25, 0.3) is 0 Å². The Kier molecular flexibility index (Phi) is 9.10. The van der Waals surface area contributed by atoms with Crippen molar-refractivity contribution in [3.05, 3.63) is 122 Å². The molecular weight excluding hydrogens is 652 g/mol. The van der Waals surface area contributed by atoms with Crippen LogP contribution < -0.4 is 20.5 Å². The van der Waals surface area contributed by atoms with Crippen molar-refractivity contribution in [2.75, 3.05) is 7.11 Å². The molecule has 0 amide bonds.